The summed E-state index contributed by atoms with van der Waals surface area (Å²) in [5.74, 6) is -1.01. The third-order valence-corrected chi connectivity index (χ3v) is 18.3. The van der Waals surface area contributed by atoms with E-state index in [9.17, 15) is 63.8 Å². The Morgan fingerprint density at radius 2 is 1.01 bits per heavy atom. The zero-order chi connectivity index (χ0) is 72.4. The molecule has 2 aromatic heterocycles. The number of nitrogens with two attached hydrogens (primary N) is 1. The van der Waals surface area contributed by atoms with Crippen LogP contribution in [-0.4, -0.2) is 115 Å². The fourth-order valence-corrected chi connectivity index (χ4v) is 13.1. The number of aromatic nitrogens is 3. The highest BCUT2D eigenvalue weighted by molar-refractivity contribution is 7.53. The lowest BCUT2D eigenvalue weighted by Crippen LogP contribution is -2.52. The zero-order valence-corrected chi connectivity index (χ0v) is 57.9. The molecule has 10 atom stereocenters. The van der Waals surface area contributed by atoms with Gasteiger partial charge in [-0.1, -0.05) is 104 Å². The van der Waals surface area contributed by atoms with Crippen LogP contribution in [-0.2, 0) is 57.2 Å². The second-order valence-corrected chi connectivity index (χ2v) is 29.2. The molecule has 0 amide bonds. The number of carbonyl (C=O) groups excluding carboxylic acids is 3. The molecule has 1 aliphatic heterocycles. The Hall–Kier alpha value is -9.37. The molecule has 3 heterocycles. The summed E-state index contributed by atoms with van der Waals surface area (Å²) in [7, 11) is -11.3. The van der Waals surface area contributed by atoms with Gasteiger partial charge in [0, 0.05) is 24.3 Å². The monoisotopic (exact) mass is 1430 g/mol. The predicted octanol–water partition coefficient (Wildman–Crippen LogP) is 11.0. The van der Waals surface area contributed by atoms with Crippen LogP contribution < -0.4 is 43.6 Å². The van der Waals surface area contributed by atoms with Gasteiger partial charge in [0.25, 0.3) is 11.4 Å². The topological polar surface area (TPSA) is 438 Å². The number of nitrogens with one attached hydrogen (secondary N) is 3. The molecule has 7 aromatic rings. The number of methoxy groups -OCH3 is 1. The number of nitro groups is 2. The lowest BCUT2D eigenvalue weighted by molar-refractivity contribution is -0.385. The van der Waals surface area contributed by atoms with Gasteiger partial charge in [0.1, 0.15) is 82.6 Å². The average molecular weight is 1440 g/mol. The minimum Gasteiger partial charge on any atom is -0.468 e. The first kappa shape index (κ1) is 80.3. The van der Waals surface area contributed by atoms with E-state index in [0.29, 0.717) is 5.52 Å². The van der Waals surface area contributed by atoms with Gasteiger partial charge in [-0.05, 0) is 111 Å². The number of nitriles is 1. The maximum absolute atomic E-state index is 13.6. The Kier molecular flexibility index (Phi) is 27.9. The Morgan fingerprint density at radius 3 is 1.37 bits per heavy atom. The minimum atomic E-state index is -4.29. The van der Waals surface area contributed by atoms with Crippen molar-refractivity contribution in [1.82, 2.24) is 29.9 Å². The average Bonchev–Trinajstić information content (AvgIpc) is 1.56. The fourth-order valence-electron chi connectivity index (χ4n) is 8.51. The SMILES string of the molecule is C.COC(=O)[C@H](C)N[P@](=O)(OC[C@H]1O[C@@](C#N)(c2ccc3c(N)ncnn23)[C@](C)(O)[C@@H]1O)Oc1ccccc1.C[C@H](N[P@@](=O)(Oc1ccccc1)Oc1ccc([N+](=O)[O-])cc1)C(=O)OCC(C)(C)C.C[C@H](N[P@](=O)(Oc1ccccc1)Oc1ccc([N+](=O)[O-])cc1)C(=O)OCC(C)(C)C. The van der Waals surface area contributed by atoms with E-state index in [2.05, 4.69) is 30.1 Å². The Morgan fingerprint density at radius 1 is 0.646 bits per heavy atom. The molecule has 0 spiro atoms. The quantitative estimate of drug-likeness (QED) is 0.00915. The lowest BCUT2D eigenvalue weighted by atomic mass is 9.80. The summed E-state index contributed by atoms with van der Waals surface area (Å²) < 4.78 is 96.0. The van der Waals surface area contributed by atoms with Crippen LogP contribution in [0.1, 0.15) is 82.4 Å². The Labute approximate surface area is 571 Å². The van der Waals surface area contributed by atoms with Gasteiger partial charge in [0.05, 0.1) is 42.5 Å². The van der Waals surface area contributed by atoms with Crippen molar-refractivity contribution in [3.05, 3.63) is 184 Å². The number of ether oxygens (including phenoxy) is 4. The number of anilines is 1. The number of aliphatic hydroxyl groups excluding tert-OH is 1. The number of nitrogens with zero attached hydrogens (tertiary/aromatic N) is 6. The molecule has 99 heavy (non-hydrogen) atoms. The first-order valence-electron chi connectivity index (χ1n) is 29.8. The number of benzene rings is 5. The number of hydrogen-bond donors (Lipinski definition) is 6. The summed E-state index contributed by atoms with van der Waals surface area (Å²) in [5.41, 5.74) is 1.27. The molecule has 0 unspecified atom stereocenters. The van der Waals surface area contributed by atoms with Crippen molar-refractivity contribution in [1.29, 1.82) is 5.26 Å². The number of hydrogen-bond acceptors (Lipinski definition) is 26. The standard InChI is InChI=1S/C23H27N6O8P.2C20H25N2O7P.CH4/c1-14(21(31)34-3)28-38(33,37-15-7-5-4-6-8-15)35-11-17-19(30)22(2,32)23(12-24,36-17)18-10-9-16-20(25)26-13-27-29(16)18;2*1-15(19(23)27-14-20(2,3)4)21-30(26,28-17-8-6-5-7-9-17)29-18-12-10-16(11-13-18)22(24)25;/h4-10,13-14,17,19,30,32H,11H2,1-3H3,(H,28,33)(H2,25,26,27);2*5-13,15H,14H2,1-4H3,(H,21,26);1H4/t14-,17+,19+,22+,23-,38-;15-,30+;15-,30-;/m000./s1. The highest BCUT2D eigenvalue weighted by Crippen LogP contribution is 2.51. The lowest BCUT2D eigenvalue weighted by Gasteiger charge is -2.33. The molecule has 0 saturated carbocycles. The number of fused-ring (bicyclic) bond motifs is 1. The Balaban J connectivity index is 0.000000270. The third kappa shape index (κ3) is 22.8. The minimum absolute atomic E-state index is 0. The van der Waals surface area contributed by atoms with Crippen LogP contribution in [0, 0.1) is 42.4 Å². The molecule has 8 rings (SSSR count). The number of nitro benzene ring substituents is 2. The molecule has 534 valence electrons. The highest BCUT2D eigenvalue weighted by Gasteiger charge is 2.66. The highest BCUT2D eigenvalue weighted by atomic mass is 31.2. The van der Waals surface area contributed by atoms with E-state index in [0.717, 1.165) is 0 Å². The first-order valence-corrected chi connectivity index (χ1v) is 34.4. The molecule has 32 nitrogen and oxygen atoms in total. The van der Waals surface area contributed by atoms with E-state index in [4.69, 9.17) is 47.1 Å². The van der Waals surface area contributed by atoms with Gasteiger partial charge in [-0.3, -0.25) is 39.1 Å². The normalized spacial score (nSPS) is 19.2. The van der Waals surface area contributed by atoms with Crippen LogP contribution in [0.15, 0.2) is 158 Å². The van der Waals surface area contributed by atoms with E-state index < -0.39 is 99.1 Å². The van der Waals surface area contributed by atoms with Gasteiger partial charge in [0.15, 0.2) is 5.82 Å². The van der Waals surface area contributed by atoms with Crippen molar-refractivity contribution in [2.45, 2.75) is 118 Å². The summed E-state index contributed by atoms with van der Waals surface area (Å²) >= 11 is 0. The van der Waals surface area contributed by atoms with E-state index in [1.165, 1.54) is 112 Å². The number of carbonyl (C=O) groups is 3. The van der Waals surface area contributed by atoms with Crippen molar-refractivity contribution < 1.29 is 94.2 Å². The molecular weight excluding hydrogens is 1350 g/mol. The molecule has 0 bridgehead atoms. The van der Waals surface area contributed by atoms with Crippen LogP contribution in [0.2, 0.25) is 0 Å². The third-order valence-electron chi connectivity index (χ3n) is 13.4. The summed E-state index contributed by atoms with van der Waals surface area (Å²) in [6, 6.07) is 36.5. The molecule has 1 aliphatic rings. The van der Waals surface area contributed by atoms with Crippen molar-refractivity contribution in [3.63, 3.8) is 0 Å². The summed E-state index contributed by atoms with van der Waals surface area (Å²) in [6.45, 7) is 16.8. The number of rotatable bonds is 27. The van der Waals surface area contributed by atoms with Gasteiger partial charge in [-0.15, -0.1) is 0 Å². The van der Waals surface area contributed by atoms with Crippen LogP contribution in [0.3, 0.4) is 0 Å². The molecule has 1 fully saturated rings. The van der Waals surface area contributed by atoms with Crippen molar-refractivity contribution in [2.75, 3.05) is 32.7 Å². The molecule has 7 N–H and O–H groups in total. The smallest absolute Gasteiger partial charge is 0.468 e. The number of para-hydroxylation sites is 3. The van der Waals surface area contributed by atoms with Crippen molar-refractivity contribution >= 4 is 63.9 Å². The molecule has 35 heteroatoms. The van der Waals surface area contributed by atoms with Gasteiger partial charge < -0.3 is 57.5 Å². The van der Waals surface area contributed by atoms with Gasteiger partial charge in [-0.2, -0.15) is 25.6 Å². The maximum atomic E-state index is 13.6. The first-order chi connectivity index (χ1) is 45.9. The van der Waals surface area contributed by atoms with Gasteiger partial charge >= 0.3 is 41.1 Å². The van der Waals surface area contributed by atoms with E-state index >= 15 is 0 Å². The molecule has 5 aromatic carbocycles. The van der Waals surface area contributed by atoms with E-state index in [-0.39, 0.29) is 83.1 Å². The van der Waals surface area contributed by atoms with Crippen LogP contribution in [0.25, 0.3) is 5.52 Å². The molecule has 0 radical (unpaired) electrons. The van der Waals surface area contributed by atoms with E-state index in [1.807, 2.05) is 47.6 Å². The number of non-ortho nitro benzene ring substituents is 2. The van der Waals surface area contributed by atoms with Gasteiger partial charge in [-0.25, -0.2) is 23.2 Å². The van der Waals surface area contributed by atoms with Crippen LogP contribution >= 0.6 is 23.2 Å². The summed E-state index contributed by atoms with van der Waals surface area (Å²) in [6.07, 6.45) is -1.88. The zero-order valence-electron chi connectivity index (χ0n) is 55.2. The maximum Gasteiger partial charge on any atom is 0.513 e. The summed E-state index contributed by atoms with van der Waals surface area (Å²) in [5, 5.41) is 65.9. The second-order valence-electron chi connectivity index (χ2n) is 24.3. The Bertz CT molecular complexity index is 3890. The number of esters is 3. The number of aliphatic hydroxyl groups is 2. The molecular formula is C64H81N10O22P3. The largest absolute Gasteiger partial charge is 0.513 e. The van der Waals surface area contributed by atoms with Crippen LogP contribution in [0.5, 0.6) is 28.7 Å². The summed E-state index contributed by atoms with van der Waals surface area (Å²) in [4.78, 5) is 61.0. The van der Waals surface area contributed by atoms with Crippen molar-refractivity contribution in [3.8, 4) is 34.8 Å². The predicted molar refractivity (Wildman–Crippen MR) is 361 cm³/mol. The number of nitrogen functional groups attached to an aromatic ring is 1. The van der Waals surface area contributed by atoms with Gasteiger partial charge in [0.2, 0.25) is 5.60 Å². The molecule has 0 aliphatic carbocycles. The fraction of sp³-hybridized carbons (Fsp3) is 0.375. The molecule has 1 saturated heterocycles. The van der Waals surface area contributed by atoms with E-state index in [1.54, 1.807) is 84.9 Å². The van der Waals surface area contributed by atoms with Crippen LogP contribution in [0.4, 0.5) is 17.2 Å². The van der Waals surface area contributed by atoms with Crippen molar-refractivity contribution in [2.24, 2.45) is 10.8 Å². The second kappa shape index (κ2) is 34.4.